The topological polar surface area (TPSA) is 50.7 Å². The number of anilines is 1. The van der Waals surface area contributed by atoms with Gasteiger partial charge in [-0.25, -0.2) is 4.79 Å². The van der Waals surface area contributed by atoms with Crippen LogP contribution in [-0.4, -0.2) is 19.3 Å². The fourth-order valence-corrected chi connectivity index (χ4v) is 1.33. The van der Waals surface area contributed by atoms with Gasteiger partial charge in [0, 0.05) is 29.9 Å². The summed E-state index contributed by atoms with van der Waals surface area (Å²) in [6.45, 7) is 0. The molecule has 0 aliphatic carbocycles. The first-order chi connectivity index (χ1) is 7.31. The van der Waals surface area contributed by atoms with E-state index in [9.17, 15) is 4.79 Å². The van der Waals surface area contributed by atoms with Gasteiger partial charge in [0.05, 0.1) is 12.7 Å². The Morgan fingerprint density at radius 2 is 2.25 bits per heavy atom. The molecule has 0 saturated carbocycles. The van der Waals surface area contributed by atoms with E-state index in [0.717, 1.165) is 11.3 Å². The van der Waals surface area contributed by atoms with Crippen LogP contribution in [0.4, 0.5) is 5.69 Å². The van der Waals surface area contributed by atoms with E-state index in [2.05, 4.69) is 15.0 Å². The quantitative estimate of drug-likeness (QED) is 0.764. The third-order valence-electron chi connectivity index (χ3n) is 2.09. The Labute approximate surface area is 99.4 Å². The molecule has 5 heteroatoms. The molecule has 0 unspecified atom stereocenters. The molecule has 1 N–H and O–H groups in total. The number of ether oxygens (including phenoxy) is 1. The van der Waals surface area contributed by atoms with Crippen molar-refractivity contribution in [3.05, 3.63) is 41.7 Å². The van der Waals surface area contributed by atoms with Crippen molar-refractivity contribution < 1.29 is 9.53 Å². The van der Waals surface area contributed by atoms with Crippen LogP contribution in [0.3, 0.4) is 0 Å². The minimum Gasteiger partial charge on any atom is -0.465 e. The molecule has 0 spiro atoms. The lowest BCUT2D eigenvalue weighted by atomic mass is 10.1. The number of halogens is 1. The fraction of sp³-hybridized carbons (Fsp3) is 0.0909. The summed E-state index contributed by atoms with van der Waals surface area (Å²) in [5, 5.41) is 3.03. The van der Waals surface area contributed by atoms with Crippen LogP contribution in [-0.2, 0) is 4.74 Å². The predicted molar refractivity (Wildman–Crippen MR) is 65.4 cm³/mol. The molecular weight excluding hydrogens is 228 g/mol. The van der Waals surface area contributed by atoms with Gasteiger partial charge in [-0.05, 0) is 12.1 Å². The molecular formula is C11H11ClN2O2. The Morgan fingerprint density at radius 1 is 1.44 bits per heavy atom. The number of aliphatic imine (C=N–C) groups is 1. The molecule has 0 atom stereocenters. The van der Waals surface area contributed by atoms with Gasteiger partial charge in [-0.2, -0.15) is 0 Å². The predicted octanol–water partition coefficient (Wildman–Crippen LogP) is 2.21. The second-order valence-corrected chi connectivity index (χ2v) is 3.03. The second kappa shape index (κ2) is 5.32. The zero-order valence-corrected chi connectivity index (χ0v) is 9.45. The molecule has 0 amide bonds. The Kier molecular flexibility index (Phi) is 4.08. The highest BCUT2D eigenvalue weighted by Crippen LogP contribution is 2.18. The number of carbonyl (C=O) groups is 1. The number of hydrogen-bond acceptors (Lipinski definition) is 4. The third-order valence-corrected chi connectivity index (χ3v) is 2.09. The highest BCUT2D eigenvalue weighted by molar-refractivity contribution is 5.95. The van der Waals surface area contributed by atoms with Crippen LogP contribution in [0.5, 0.6) is 0 Å². The second-order valence-electron chi connectivity index (χ2n) is 3.03. The Hall–Kier alpha value is -1.81. The molecule has 16 heavy (non-hydrogen) atoms. The maximum absolute atomic E-state index is 11.3. The summed E-state index contributed by atoms with van der Waals surface area (Å²) in [6, 6.07) is 5.28. The van der Waals surface area contributed by atoms with Crippen LogP contribution < -0.4 is 5.32 Å². The molecule has 1 aromatic rings. The smallest absolute Gasteiger partial charge is 0.337 e. The highest BCUT2D eigenvalue weighted by Gasteiger charge is 2.08. The summed E-state index contributed by atoms with van der Waals surface area (Å²) < 4.78 is 4.64. The molecule has 1 aliphatic heterocycles. The zero-order chi connectivity index (χ0) is 10.7. The average Bonchev–Trinajstić information content (AvgIpc) is 2.51. The van der Waals surface area contributed by atoms with Gasteiger partial charge in [0.15, 0.2) is 0 Å². The van der Waals surface area contributed by atoms with Crippen LogP contribution in [0.15, 0.2) is 35.6 Å². The number of methoxy groups -OCH3 is 1. The van der Waals surface area contributed by atoms with Crippen molar-refractivity contribution in [2.75, 3.05) is 12.4 Å². The first kappa shape index (κ1) is 12.3. The number of benzene rings is 1. The molecule has 1 aliphatic rings. The molecule has 4 nitrogen and oxygen atoms in total. The number of nitrogens with one attached hydrogen (secondary N) is 1. The van der Waals surface area contributed by atoms with E-state index in [-0.39, 0.29) is 18.4 Å². The SMILES string of the molecule is COC(=O)c1ccc2c(c1)NC=CN=C2.Cl. The third kappa shape index (κ3) is 2.41. The number of fused-ring (bicyclic) bond motifs is 1. The van der Waals surface area contributed by atoms with Crippen molar-refractivity contribution in [1.29, 1.82) is 0 Å². The molecule has 1 aromatic carbocycles. The van der Waals surface area contributed by atoms with E-state index in [1.807, 2.05) is 6.07 Å². The van der Waals surface area contributed by atoms with E-state index >= 15 is 0 Å². The van der Waals surface area contributed by atoms with Gasteiger partial charge in [0.25, 0.3) is 0 Å². The van der Waals surface area contributed by atoms with E-state index in [1.165, 1.54) is 7.11 Å². The minimum absolute atomic E-state index is 0. The summed E-state index contributed by atoms with van der Waals surface area (Å²) in [5.41, 5.74) is 2.30. The van der Waals surface area contributed by atoms with Crippen molar-refractivity contribution >= 4 is 30.3 Å². The number of esters is 1. The summed E-state index contributed by atoms with van der Waals surface area (Å²) in [5.74, 6) is -0.343. The first-order valence-corrected chi connectivity index (χ1v) is 4.48. The molecule has 84 valence electrons. The van der Waals surface area contributed by atoms with Gasteiger partial charge in [-0.3, -0.25) is 4.99 Å². The van der Waals surface area contributed by atoms with Crippen LogP contribution in [0, 0.1) is 0 Å². The van der Waals surface area contributed by atoms with E-state index in [0.29, 0.717) is 5.56 Å². The Morgan fingerprint density at radius 3 is 3.00 bits per heavy atom. The fourth-order valence-electron chi connectivity index (χ4n) is 1.33. The van der Waals surface area contributed by atoms with Crippen LogP contribution in [0.2, 0.25) is 0 Å². The monoisotopic (exact) mass is 238 g/mol. The first-order valence-electron chi connectivity index (χ1n) is 4.48. The molecule has 0 bridgehead atoms. The van der Waals surface area contributed by atoms with Gasteiger partial charge in [-0.15, -0.1) is 12.4 Å². The molecule has 2 rings (SSSR count). The lowest BCUT2D eigenvalue weighted by Crippen LogP contribution is -2.03. The molecule has 1 heterocycles. The maximum atomic E-state index is 11.3. The lowest BCUT2D eigenvalue weighted by Gasteiger charge is -2.06. The van der Waals surface area contributed by atoms with Crippen molar-refractivity contribution in [3.63, 3.8) is 0 Å². The Bertz CT molecular complexity index is 455. The minimum atomic E-state index is -0.343. The highest BCUT2D eigenvalue weighted by atomic mass is 35.5. The van der Waals surface area contributed by atoms with Crippen LogP contribution in [0.25, 0.3) is 0 Å². The Balaban J connectivity index is 0.00000128. The van der Waals surface area contributed by atoms with Crippen molar-refractivity contribution in [1.82, 2.24) is 0 Å². The number of carbonyl (C=O) groups excluding carboxylic acids is 1. The van der Waals surface area contributed by atoms with E-state index in [4.69, 9.17) is 0 Å². The van der Waals surface area contributed by atoms with Crippen LogP contribution in [0.1, 0.15) is 15.9 Å². The van der Waals surface area contributed by atoms with Gasteiger partial charge in [0.2, 0.25) is 0 Å². The van der Waals surface area contributed by atoms with Crippen LogP contribution >= 0.6 is 12.4 Å². The van der Waals surface area contributed by atoms with E-state index in [1.54, 1.807) is 30.7 Å². The summed E-state index contributed by atoms with van der Waals surface area (Å²) in [6.07, 6.45) is 5.09. The molecule has 0 radical (unpaired) electrons. The van der Waals surface area contributed by atoms with Gasteiger partial charge >= 0.3 is 5.97 Å². The summed E-state index contributed by atoms with van der Waals surface area (Å²) >= 11 is 0. The normalized spacial score (nSPS) is 11.8. The molecule has 0 aromatic heterocycles. The maximum Gasteiger partial charge on any atom is 0.337 e. The lowest BCUT2D eigenvalue weighted by molar-refractivity contribution is 0.0601. The average molecular weight is 239 g/mol. The summed E-state index contributed by atoms with van der Waals surface area (Å²) in [7, 11) is 1.36. The van der Waals surface area contributed by atoms with Crippen molar-refractivity contribution in [2.45, 2.75) is 0 Å². The van der Waals surface area contributed by atoms with Crippen molar-refractivity contribution in [2.24, 2.45) is 4.99 Å². The number of hydrogen-bond donors (Lipinski definition) is 1. The van der Waals surface area contributed by atoms with Gasteiger partial charge in [0.1, 0.15) is 0 Å². The zero-order valence-electron chi connectivity index (χ0n) is 8.64. The molecule has 0 fully saturated rings. The molecule has 0 saturated heterocycles. The van der Waals surface area contributed by atoms with E-state index < -0.39 is 0 Å². The standard InChI is InChI=1S/C11H10N2O2.ClH/c1-15-11(14)8-2-3-9-7-12-4-5-13-10(9)6-8;/h2-7,13H,1H3;1H. The van der Waals surface area contributed by atoms with Gasteiger partial charge < -0.3 is 10.1 Å². The largest absolute Gasteiger partial charge is 0.465 e. The number of nitrogens with zero attached hydrogens (tertiary/aromatic N) is 1. The van der Waals surface area contributed by atoms with Gasteiger partial charge in [-0.1, -0.05) is 6.07 Å². The van der Waals surface area contributed by atoms with Crippen molar-refractivity contribution in [3.8, 4) is 0 Å². The summed E-state index contributed by atoms with van der Waals surface area (Å²) in [4.78, 5) is 15.3. The number of rotatable bonds is 1.